The third kappa shape index (κ3) is 3.53. The van der Waals surface area contributed by atoms with Gasteiger partial charge in [-0.05, 0) is 37.1 Å². The quantitative estimate of drug-likeness (QED) is 0.761. The molecule has 2 aliphatic rings. The first-order valence-electron chi connectivity index (χ1n) is 9.55. The molecular formula is C22H17ClFN5O2. The van der Waals surface area contributed by atoms with Crippen molar-refractivity contribution in [2.45, 2.75) is 25.2 Å². The maximum atomic E-state index is 14.8. The van der Waals surface area contributed by atoms with Gasteiger partial charge in [0.1, 0.15) is 11.6 Å². The molecule has 0 spiro atoms. The van der Waals surface area contributed by atoms with Gasteiger partial charge in [0.25, 0.3) is 5.91 Å². The number of Topliss-reactive ketones (excluding diaryl/α,β-unsaturated/α-hetero) is 1. The zero-order valence-electron chi connectivity index (χ0n) is 16.2. The third-order valence-electron chi connectivity index (χ3n) is 5.36. The summed E-state index contributed by atoms with van der Waals surface area (Å²) < 4.78 is 14.8. The number of hydrogen-bond donors (Lipinski definition) is 2. The minimum atomic E-state index is -1.05. The molecule has 1 aliphatic heterocycles. The van der Waals surface area contributed by atoms with Crippen molar-refractivity contribution in [2.24, 2.45) is 5.73 Å². The highest BCUT2D eigenvalue weighted by Crippen LogP contribution is 2.46. The number of hydrogen-bond acceptors (Lipinski definition) is 6. The number of nitrogens with zero attached hydrogens (tertiary/aromatic N) is 3. The Balaban J connectivity index is 1.87. The molecule has 2 aromatic rings. The molecule has 9 heteroatoms. The van der Waals surface area contributed by atoms with Crippen molar-refractivity contribution in [1.82, 2.24) is 15.4 Å². The molecule has 0 bridgehead atoms. The van der Waals surface area contributed by atoms with Crippen LogP contribution in [0.4, 0.5) is 4.39 Å². The Hall–Kier alpha value is -3.70. The molecule has 1 unspecified atom stereocenters. The summed E-state index contributed by atoms with van der Waals surface area (Å²) in [6.07, 6.45) is 4.13. The Labute approximate surface area is 182 Å². The van der Waals surface area contributed by atoms with Crippen LogP contribution in [-0.4, -0.2) is 21.7 Å². The lowest BCUT2D eigenvalue weighted by molar-refractivity contribution is -0.116. The van der Waals surface area contributed by atoms with Gasteiger partial charge in [-0.2, -0.15) is 5.26 Å². The highest BCUT2D eigenvalue weighted by atomic mass is 35.5. The number of ketones is 1. The number of amides is 1. The summed E-state index contributed by atoms with van der Waals surface area (Å²) in [5, 5.41) is 11.2. The molecule has 0 fully saturated rings. The van der Waals surface area contributed by atoms with E-state index in [0.29, 0.717) is 24.1 Å². The van der Waals surface area contributed by atoms with E-state index >= 15 is 0 Å². The fraction of sp³-hybridized carbons (Fsp3) is 0.182. The fourth-order valence-corrected chi connectivity index (χ4v) is 4.23. The second kappa shape index (κ2) is 8.20. The Bertz CT molecular complexity index is 1170. The smallest absolute Gasteiger partial charge is 0.270 e. The molecule has 7 nitrogen and oxygen atoms in total. The van der Waals surface area contributed by atoms with Crippen LogP contribution < -0.4 is 11.2 Å². The van der Waals surface area contributed by atoms with E-state index in [1.165, 1.54) is 47.7 Å². The molecule has 4 rings (SSSR count). The van der Waals surface area contributed by atoms with Crippen molar-refractivity contribution in [3.8, 4) is 6.07 Å². The first-order valence-corrected chi connectivity index (χ1v) is 9.92. The van der Waals surface area contributed by atoms with Crippen LogP contribution >= 0.6 is 11.6 Å². The van der Waals surface area contributed by atoms with Crippen molar-refractivity contribution in [3.63, 3.8) is 0 Å². The molecule has 3 N–H and O–H groups in total. The normalized spacial score (nSPS) is 18.5. The standard InChI is InChI=1S/C22H17ClFN5O2/c23-14-3-1-4-15(24)19(14)18-13(11-25)21(26)29(16-5-2-6-17(30)20(16)18)28-22(31)12-7-9-27-10-8-12/h1,3-4,7-10,18H,2,5-6,26H2,(H,28,31). The molecule has 31 heavy (non-hydrogen) atoms. The minimum Gasteiger partial charge on any atom is -0.383 e. The molecule has 0 saturated carbocycles. The van der Waals surface area contributed by atoms with Crippen molar-refractivity contribution in [2.75, 3.05) is 0 Å². The monoisotopic (exact) mass is 437 g/mol. The summed E-state index contributed by atoms with van der Waals surface area (Å²) in [5.74, 6) is -2.50. The Morgan fingerprint density at radius 1 is 1.29 bits per heavy atom. The molecule has 156 valence electrons. The van der Waals surface area contributed by atoms with Gasteiger partial charge in [0.15, 0.2) is 5.78 Å². The molecule has 0 radical (unpaired) electrons. The maximum Gasteiger partial charge on any atom is 0.270 e. The predicted molar refractivity (Wildman–Crippen MR) is 110 cm³/mol. The summed E-state index contributed by atoms with van der Waals surface area (Å²) in [6, 6.07) is 9.20. The highest BCUT2D eigenvalue weighted by Gasteiger charge is 2.42. The highest BCUT2D eigenvalue weighted by molar-refractivity contribution is 6.31. The summed E-state index contributed by atoms with van der Waals surface area (Å²) in [4.78, 5) is 29.6. The summed E-state index contributed by atoms with van der Waals surface area (Å²) >= 11 is 6.28. The number of carbonyl (C=O) groups is 2. The lowest BCUT2D eigenvalue weighted by Crippen LogP contribution is -2.48. The number of nitrogens with one attached hydrogen (secondary N) is 1. The number of nitriles is 1. The first-order chi connectivity index (χ1) is 14.9. The number of benzene rings is 1. The van der Waals surface area contributed by atoms with E-state index in [1.54, 1.807) is 0 Å². The SMILES string of the molecule is N#CC1=C(N)N(NC(=O)c2ccncc2)C2=C(C(=O)CCC2)C1c1c(F)cccc1Cl. The Morgan fingerprint density at radius 3 is 2.71 bits per heavy atom. The van der Waals surface area contributed by atoms with E-state index in [1.807, 2.05) is 6.07 Å². The average Bonchev–Trinajstić information content (AvgIpc) is 2.76. The van der Waals surface area contributed by atoms with Gasteiger partial charge < -0.3 is 5.73 Å². The van der Waals surface area contributed by atoms with Crippen LogP contribution in [0.5, 0.6) is 0 Å². The molecule has 1 aromatic carbocycles. The number of nitrogens with two attached hydrogens (primary N) is 1. The van der Waals surface area contributed by atoms with E-state index in [0.717, 1.165) is 0 Å². The number of allylic oxidation sites excluding steroid dienone is 3. The van der Waals surface area contributed by atoms with Gasteiger partial charge in [-0.1, -0.05) is 17.7 Å². The number of aromatic nitrogens is 1. The maximum absolute atomic E-state index is 14.8. The number of halogens is 2. The predicted octanol–water partition coefficient (Wildman–Crippen LogP) is 3.32. The van der Waals surface area contributed by atoms with Gasteiger partial charge in [0.05, 0.1) is 17.6 Å². The van der Waals surface area contributed by atoms with Gasteiger partial charge >= 0.3 is 0 Å². The number of rotatable bonds is 3. The van der Waals surface area contributed by atoms with Gasteiger partial charge in [-0.25, -0.2) is 9.40 Å². The lowest BCUT2D eigenvalue weighted by Gasteiger charge is -2.39. The van der Waals surface area contributed by atoms with Crippen molar-refractivity contribution < 1.29 is 14.0 Å². The molecular weight excluding hydrogens is 421 g/mol. The summed E-state index contributed by atoms with van der Waals surface area (Å²) in [7, 11) is 0. The molecule has 1 aromatic heterocycles. The van der Waals surface area contributed by atoms with Gasteiger partial charge in [0, 0.05) is 46.2 Å². The topological polar surface area (TPSA) is 112 Å². The van der Waals surface area contributed by atoms with Crippen LogP contribution in [0, 0.1) is 17.1 Å². The third-order valence-corrected chi connectivity index (χ3v) is 5.69. The van der Waals surface area contributed by atoms with E-state index in [9.17, 15) is 19.2 Å². The van der Waals surface area contributed by atoms with Gasteiger partial charge in [-0.3, -0.25) is 20.0 Å². The van der Waals surface area contributed by atoms with E-state index in [2.05, 4.69) is 10.4 Å². The zero-order chi connectivity index (χ0) is 22.1. The summed E-state index contributed by atoms with van der Waals surface area (Å²) in [5.41, 5.74) is 9.89. The molecule has 1 atom stereocenters. The molecule has 0 saturated heterocycles. The van der Waals surface area contributed by atoms with Crippen LogP contribution in [0.25, 0.3) is 0 Å². The average molecular weight is 438 g/mol. The number of hydrazine groups is 1. The lowest BCUT2D eigenvalue weighted by atomic mass is 9.76. The molecule has 1 amide bonds. The molecule has 2 heterocycles. The van der Waals surface area contributed by atoms with Crippen LogP contribution in [0.15, 0.2) is 65.4 Å². The number of pyridine rings is 1. The van der Waals surface area contributed by atoms with Crippen LogP contribution in [0.3, 0.4) is 0 Å². The van der Waals surface area contributed by atoms with Gasteiger partial charge in [0.2, 0.25) is 0 Å². The second-order valence-electron chi connectivity index (χ2n) is 7.13. The van der Waals surface area contributed by atoms with E-state index < -0.39 is 17.6 Å². The first kappa shape index (κ1) is 20.6. The molecule has 1 aliphatic carbocycles. The number of carbonyl (C=O) groups excluding carboxylic acids is 2. The largest absolute Gasteiger partial charge is 0.383 e. The Morgan fingerprint density at radius 2 is 2.03 bits per heavy atom. The van der Waals surface area contributed by atoms with Crippen molar-refractivity contribution in [3.05, 3.63) is 87.4 Å². The summed E-state index contributed by atoms with van der Waals surface area (Å²) in [6.45, 7) is 0. The van der Waals surface area contributed by atoms with Crippen LogP contribution in [0.1, 0.15) is 41.1 Å². The van der Waals surface area contributed by atoms with Crippen LogP contribution in [-0.2, 0) is 4.79 Å². The fourth-order valence-electron chi connectivity index (χ4n) is 3.96. The minimum absolute atomic E-state index is 0.0199. The van der Waals surface area contributed by atoms with Crippen molar-refractivity contribution >= 4 is 23.3 Å². The van der Waals surface area contributed by atoms with E-state index in [-0.39, 0.29) is 39.8 Å². The Kier molecular flexibility index (Phi) is 5.44. The van der Waals surface area contributed by atoms with Crippen molar-refractivity contribution in [1.29, 1.82) is 5.26 Å². The van der Waals surface area contributed by atoms with Crippen LogP contribution in [0.2, 0.25) is 5.02 Å². The van der Waals surface area contributed by atoms with E-state index in [4.69, 9.17) is 17.3 Å². The van der Waals surface area contributed by atoms with Gasteiger partial charge in [-0.15, -0.1) is 0 Å². The zero-order valence-corrected chi connectivity index (χ0v) is 17.0. The second-order valence-corrected chi connectivity index (χ2v) is 7.54.